The Labute approximate surface area is 220 Å². The molecule has 6 nitrogen and oxygen atoms in total. The quantitative estimate of drug-likeness (QED) is 0.585. The predicted octanol–water partition coefficient (Wildman–Crippen LogP) is 3.77. The molecule has 0 aromatic heterocycles. The average Bonchev–Trinajstić information content (AvgIpc) is 3.64. The summed E-state index contributed by atoms with van der Waals surface area (Å²) in [5.41, 5.74) is 0.706. The molecule has 0 unspecified atom stereocenters. The normalized spacial score (nSPS) is 33.2. The van der Waals surface area contributed by atoms with Gasteiger partial charge in [0.25, 0.3) is 0 Å². The highest BCUT2D eigenvalue weighted by Gasteiger charge is 2.73. The third-order valence-electron chi connectivity index (χ3n) is 9.94. The number of likely N-dealkylation sites (tertiary alicyclic amines) is 1. The molecule has 38 heavy (non-hydrogen) atoms. The van der Waals surface area contributed by atoms with Crippen molar-refractivity contribution in [2.24, 2.45) is 5.92 Å². The summed E-state index contributed by atoms with van der Waals surface area (Å²) in [5, 5.41) is 23.3. The Balaban J connectivity index is 1.23. The van der Waals surface area contributed by atoms with E-state index >= 15 is 0 Å². The maximum absolute atomic E-state index is 13.6. The standard InChI is InChI=1S/C30H32F2N2O4/c1-33(25(36)9-5-17-4-7-20(31)21(32)14-17)22-10-11-30(37)24-15-19-6-8-23(35)27-26(19)29(30,28(22)38-27)12-13-34(24)16-18-2-3-18/h4-9,14,18,22,24,28,35,37H,2-3,10-13,15-16H2,1H3/t22-,24+,28-,29-,30+/m0/s1. The lowest BCUT2D eigenvalue weighted by atomic mass is 9.48. The Bertz CT molecular complexity index is 1360. The van der Waals surface area contributed by atoms with Crippen LogP contribution in [0.15, 0.2) is 36.4 Å². The van der Waals surface area contributed by atoms with Gasteiger partial charge in [0, 0.05) is 31.3 Å². The molecule has 1 saturated heterocycles. The highest BCUT2D eigenvalue weighted by molar-refractivity contribution is 5.92. The van der Waals surface area contributed by atoms with Crippen molar-refractivity contribution in [2.75, 3.05) is 20.1 Å². The van der Waals surface area contributed by atoms with Gasteiger partial charge < -0.3 is 19.8 Å². The number of benzene rings is 2. The van der Waals surface area contributed by atoms with E-state index in [1.54, 1.807) is 18.0 Å². The summed E-state index contributed by atoms with van der Waals surface area (Å²) in [7, 11) is 1.72. The molecule has 2 aromatic carbocycles. The van der Waals surface area contributed by atoms with Crippen LogP contribution in [0, 0.1) is 17.6 Å². The van der Waals surface area contributed by atoms with Crippen molar-refractivity contribution >= 4 is 12.0 Å². The third-order valence-corrected chi connectivity index (χ3v) is 9.94. The fourth-order valence-electron chi connectivity index (χ4n) is 7.92. The molecule has 1 spiro atoms. The van der Waals surface area contributed by atoms with Crippen LogP contribution in [-0.2, 0) is 16.6 Å². The number of aromatic hydroxyl groups is 1. The Morgan fingerprint density at radius 2 is 2.00 bits per heavy atom. The lowest BCUT2D eigenvalue weighted by molar-refractivity contribution is -0.200. The van der Waals surface area contributed by atoms with E-state index in [4.69, 9.17) is 4.74 Å². The van der Waals surface area contributed by atoms with Crippen molar-refractivity contribution in [3.8, 4) is 11.5 Å². The van der Waals surface area contributed by atoms with Gasteiger partial charge in [-0.1, -0.05) is 12.1 Å². The number of hydrogen-bond donors (Lipinski definition) is 2. The molecule has 2 aromatic rings. The van der Waals surface area contributed by atoms with Gasteiger partial charge in [0.1, 0.15) is 6.10 Å². The lowest BCUT2D eigenvalue weighted by Gasteiger charge is -2.64. The van der Waals surface area contributed by atoms with Crippen LogP contribution in [0.3, 0.4) is 0 Å². The monoisotopic (exact) mass is 522 g/mol. The Kier molecular flexibility index (Phi) is 5.24. The summed E-state index contributed by atoms with van der Waals surface area (Å²) in [6.07, 6.45) is 7.34. The summed E-state index contributed by atoms with van der Waals surface area (Å²) < 4.78 is 33.5. The molecule has 3 fully saturated rings. The number of halogens is 2. The van der Waals surface area contributed by atoms with Crippen molar-refractivity contribution in [1.29, 1.82) is 0 Å². The Morgan fingerprint density at radius 1 is 1.18 bits per heavy atom. The lowest BCUT2D eigenvalue weighted by Crippen LogP contribution is -2.78. The van der Waals surface area contributed by atoms with Crippen molar-refractivity contribution in [1.82, 2.24) is 9.80 Å². The van der Waals surface area contributed by atoms with Crippen molar-refractivity contribution in [3.05, 3.63) is 64.7 Å². The SMILES string of the molecule is CN(C(=O)C=Cc1ccc(F)c(F)c1)[C@H]1CC[C@@]2(O)[C@H]3Cc4ccc(O)c5c4[C@@]2(CCN3CC2CC2)[C@H]1O5. The number of rotatable bonds is 5. The van der Waals surface area contributed by atoms with Crippen LogP contribution in [0.2, 0.25) is 0 Å². The summed E-state index contributed by atoms with van der Waals surface area (Å²) in [5.74, 6) is -0.962. The fraction of sp³-hybridized carbons (Fsp3) is 0.500. The van der Waals surface area contributed by atoms with Gasteiger partial charge in [0.15, 0.2) is 23.1 Å². The summed E-state index contributed by atoms with van der Waals surface area (Å²) in [6, 6.07) is 6.80. The smallest absolute Gasteiger partial charge is 0.246 e. The topological polar surface area (TPSA) is 73.2 Å². The molecule has 2 saturated carbocycles. The number of hydrogen-bond acceptors (Lipinski definition) is 5. The van der Waals surface area contributed by atoms with Crippen molar-refractivity contribution in [2.45, 2.75) is 67.7 Å². The van der Waals surface area contributed by atoms with E-state index in [9.17, 15) is 23.8 Å². The maximum Gasteiger partial charge on any atom is 0.246 e. The second-order valence-electron chi connectivity index (χ2n) is 11.9. The van der Waals surface area contributed by atoms with E-state index in [0.29, 0.717) is 36.5 Å². The number of phenols is 1. The summed E-state index contributed by atoms with van der Waals surface area (Å²) >= 11 is 0. The van der Waals surface area contributed by atoms with Gasteiger partial charge in [-0.15, -0.1) is 0 Å². The number of amides is 1. The van der Waals surface area contributed by atoms with Gasteiger partial charge >= 0.3 is 0 Å². The first-order valence-electron chi connectivity index (χ1n) is 13.6. The molecule has 5 atom stereocenters. The average molecular weight is 523 g/mol. The molecule has 2 N–H and O–H groups in total. The molecular weight excluding hydrogens is 490 g/mol. The van der Waals surface area contributed by atoms with E-state index in [0.717, 1.165) is 42.8 Å². The van der Waals surface area contributed by atoms with E-state index in [1.807, 2.05) is 6.07 Å². The van der Waals surface area contributed by atoms with Crippen LogP contribution in [0.5, 0.6) is 11.5 Å². The van der Waals surface area contributed by atoms with Crippen LogP contribution >= 0.6 is 0 Å². The van der Waals surface area contributed by atoms with E-state index in [-0.39, 0.29) is 23.7 Å². The Hall–Kier alpha value is -2.97. The van der Waals surface area contributed by atoms with Crippen LogP contribution in [-0.4, -0.2) is 69.8 Å². The zero-order valence-corrected chi connectivity index (χ0v) is 21.4. The van der Waals surface area contributed by atoms with Crippen molar-refractivity contribution < 1.29 is 28.5 Å². The third kappa shape index (κ3) is 3.26. The molecule has 2 heterocycles. The van der Waals surface area contributed by atoms with Gasteiger partial charge in [-0.2, -0.15) is 0 Å². The second kappa shape index (κ2) is 8.26. The number of phenolic OH excluding ortho intramolecular Hbond substituents is 1. The van der Waals surface area contributed by atoms with Gasteiger partial charge in [0.2, 0.25) is 5.91 Å². The zero-order valence-electron chi connectivity index (χ0n) is 21.4. The van der Waals surface area contributed by atoms with E-state index in [1.165, 1.54) is 31.1 Å². The molecule has 1 amide bonds. The van der Waals surface area contributed by atoms with Crippen LogP contribution < -0.4 is 4.74 Å². The molecule has 7 rings (SSSR count). The molecule has 2 aliphatic heterocycles. The first kappa shape index (κ1) is 24.1. The fourth-order valence-corrected chi connectivity index (χ4v) is 7.92. The summed E-state index contributed by atoms with van der Waals surface area (Å²) in [6.45, 7) is 1.85. The minimum atomic E-state index is -1.02. The first-order valence-corrected chi connectivity index (χ1v) is 13.6. The van der Waals surface area contributed by atoms with Crippen LogP contribution in [0.1, 0.15) is 48.8 Å². The number of carbonyl (C=O) groups excluding carboxylic acids is 1. The molecule has 3 aliphatic carbocycles. The molecule has 0 radical (unpaired) electrons. The molecule has 200 valence electrons. The maximum atomic E-state index is 13.6. The van der Waals surface area contributed by atoms with E-state index in [2.05, 4.69) is 4.90 Å². The van der Waals surface area contributed by atoms with Gasteiger partial charge in [-0.05, 0) is 86.4 Å². The number of carbonyl (C=O) groups is 1. The molecular formula is C30H32F2N2O4. The minimum absolute atomic E-state index is 0.0267. The van der Waals surface area contributed by atoms with Crippen molar-refractivity contribution in [3.63, 3.8) is 0 Å². The number of ether oxygens (including phenoxy) is 1. The highest BCUT2D eigenvalue weighted by Crippen LogP contribution is 2.66. The van der Waals surface area contributed by atoms with Gasteiger partial charge in [-0.25, -0.2) is 8.78 Å². The summed E-state index contributed by atoms with van der Waals surface area (Å²) in [4.78, 5) is 17.4. The molecule has 8 heteroatoms. The Morgan fingerprint density at radius 3 is 2.76 bits per heavy atom. The minimum Gasteiger partial charge on any atom is -0.504 e. The largest absolute Gasteiger partial charge is 0.504 e. The number of aliphatic hydroxyl groups is 1. The molecule has 2 bridgehead atoms. The van der Waals surface area contributed by atoms with Gasteiger partial charge in [0.05, 0.1) is 17.1 Å². The van der Waals surface area contributed by atoms with Crippen LogP contribution in [0.4, 0.5) is 8.78 Å². The predicted molar refractivity (Wildman–Crippen MR) is 137 cm³/mol. The second-order valence-corrected chi connectivity index (χ2v) is 11.9. The van der Waals surface area contributed by atoms with Gasteiger partial charge in [-0.3, -0.25) is 9.69 Å². The zero-order chi connectivity index (χ0) is 26.4. The number of nitrogens with zero attached hydrogens (tertiary/aromatic N) is 2. The first-order chi connectivity index (χ1) is 18.2. The van der Waals surface area contributed by atoms with E-state index < -0.39 is 28.8 Å². The highest BCUT2D eigenvalue weighted by atomic mass is 19.2. The number of likely N-dealkylation sites (N-methyl/N-ethyl adjacent to an activating group) is 1. The number of piperidine rings is 1. The molecule has 5 aliphatic rings. The van der Waals surface area contributed by atoms with Crippen LogP contribution in [0.25, 0.3) is 6.08 Å².